The zero-order valence-electron chi connectivity index (χ0n) is 10.7. The first-order chi connectivity index (χ1) is 7.60. The Morgan fingerprint density at radius 1 is 1.44 bits per heavy atom. The molecule has 2 N–H and O–H groups in total. The summed E-state index contributed by atoms with van der Waals surface area (Å²) in [4.78, 5) is 0.647. The Kier molecular flexibility index (Phi) is 6.30. The highest BCUT2D eigenvalue weighted by Gasteiger charge is 2.34. The molecular formula is C13H26BrNO. The zero-order chi connectivity index (χ0) is 12.1. The van der Waals surface area contributed by atoms with E-state index in [0.29, 0.717) is 22.8 Å². The molecule has 0 radical (unpaired) electrons. The Morgan fingerprint density at radius 2 is 2.12 bits per heavy atom. The number of rotatable bonds is 5. The lowest BCUT2D eigenvalue weighted by atomic mass is 9.76. The summed E-state index contributed by atoms with van der Waals surface area (Å²) in [5.74, 6) is 1.48. The van der Waals surface area contributed by atoms with Gasteiger partial charge in [-0.25, -0.2) is 0 Å². The molecule has 1 aliphatic carbocycles. The van der Waals surface area contributed by atoms with Gasteiger partial charge in [0.25, 0.3) is 0 Å². The first-order valence-corrected chi connectivity index (χ1v) is 7.52. The van der Waals surface area contributed by atoms with Crippen LogP contribution in [0.15, 0.2) is 0 Å². The van der Waals surface area contributed by atoms with Gasteiger partial charge in [-0.1, -0.05) is 36.2 Å². The Morgan fingerprint density at radius 3 is 2.69 bits per heavy atom. The highest BCUT2D eigenvalue weighted by molar-refractivity contribution is 9.09. The number of hydrogen-bond acceptors (Lipinski definition) is 2. The highest BCUT2D eigenvalue weighted by atomic mass is 79.9. The maximum Gasteiger partial charge on any atom is 0.0445 e. The monoisotopic (exact) mass is 291 g/mol. The summed E-state index contributed by atoms with van der Waals surface area (Å²) < 4.78 is 0. The van der Waals surface area contributed by atoms with Gasteiger partial charge >= 0.3 is 0 Å². The fraction of sp³-hybridized carbons (Fsp3) is 1.00. The van der Waals surface area contributed by atoms with Crippen LogP contribution < -0.4 is 5.32 Å². The third kappa shape index (κ3) is 3.71. The van der Waals surface area contributed by atoms with Gasteiger partial charge in [-0.3, -0.25) is 0 Å². The van der Waals surface area contributed by atoms with Crippen molar-refractivity contribution in [1.82, 2.24) is 5.32 Å². The molecule has 0 aliphatic heterocycles. The Balaban J connectivity index is 2.56. The van der Waals surface area contributed by atoms with E-state index < -0.39 is 0 Å². The van der Waals surface area contributed by atoms with Crippen molar-refractivity contribution in [2.75, 3.05) is 6.61 Å². The van der Waals surface area contributed by atoms with Gasteiger partial charge in [0.15, 0.2) is 0 Å². The summed E-state index contributed by atoms with van der Waals surface area (Å²) in [7, 11) is 0. The van der Waals surface area contributed by atoms with E-state index in [4.69, 9.17) is 5.11 Å². The standard InChI is InChI=1S/C13H26BrNO/c1-4-11-5-6-12(14)10(3)13(11)15-9(2)7-8-16/h9-13,15-16H,4-8H2,1-3H3. The first kappa shape index (κ1) is 14.5. The van der Waals surface area contributed by atoms with Gasteiger partial charge in [-0.05, 0) is 38.0 Å². The second-order valence-electron chi connectivity index (χ2n) is 5.23. The van der Waals surface area contributed by atoms with E-state index >= 15 is 0 Å². The molecule has 0 saturated heterocycles. The Hall–Kier alpha value is 0.400. The number of nitrogens with one attached hydrogen (secondary N) is 1. The molecule has 1 saturated carbocycles. The molecule has 0 aromatic carbocycles. The van der Waals surface area contributed by atoms with Gasteiger partial charge < -0.3 is 10.4 Å². The average molecular weight is 292 g/mol. The van der Waals surface area contributed by atoms with Crippen molar-refractivity contribution >= 4 is 15.9 Å². The smallest absolute Gasteiger partial charge is 0.0445 e. The second-order valence-corrected chi connectivity index (χ2v) is 6.40. The van der Waals surface area contributed by atoms with Crippen LogP contribution in [0.4, 0.5) is 0 Å². The molecule has 0 aromatic rings. The van der Waals surface area contributed by atoms with Crippen LogP contribution in [0.1, 0.15) is 46.5 Å². The van der Waals surface area contributed by atoms with Gasteiger partial charge in [-0.2, -0.15) is 0 Å². The average Bonchev–Trinajstić information content (AvgIpc) is 2.25. The molecule has 1 fully saturated rings. The van der Waals surface area contributed by atoms with Gasteiger partial charge in [-0.15, -0.1) is 0 Å². The van der Waals surface area contributed by atoms with Crippen LogP contribution in [0.2, 0.25) is 0 Å². The van der Waals surface area contributed by atoms with E-state index in [2.05, 4.69) is 42.0 Å². The van der Waals surface area contributed by atoms with Crippen LogP contribution in [0.3, 0.4) is 0 Å². The van der Waals surface area contributed by atoms with E-state index in [9.17, 15) is 0 Å². The van der Waals surface area contributed by atoms with E-state index in [0.717, 1.165) is 12.3 Å². The number of alkyl halides is 1. The van der Waals surface area contributed by atoms with Gasteiger partial charge in [0.05, 0.1) is 0 Å². The van der Waals surface area contributed by atoms with E-state index in [1.807, 2.05) is 0 Å². The van der Waals surface area contributed by atoms with Crippen molar-refractivity contribution < 1.29 is 5.11 Å². The molecule has 0 bridgehead atoms. The fourth-order valence-corrected chi connectivity index (χ4v) is 3.41. The summed E-state index contributed by atoms with van der Waals surface area (Å²) in [6, 6.07) is 1.02. The fourth-order valence-electron chi connectivity index (χ4n) is 2.82. The molecule has 5 atom stereocenters. The van der Waals surface area contributed by atoms with E-state index in [-0.39, 0.29) is 6.61 Å². The quantitative estimate of drug-likeness (QED) is 0.764. The molecule has 16 heavy (non-hydrogen) atoms. The lowest BCUT2D eigenvalue weighted by Gasteiger charge is -2.41. The van der Waals surface area contributed by atoms with Crippen LogP contribution in [0.25, 0.3) is 0 Å². The van der Waals surface area contributed by atoms with Crippen molar-refractivity contribution in [3.8, 4) is 0 Å². The SMILES string of the molecule is CCC1CCC(Br)C(C)C1NC(C)CCO. The first-order valence-electron chi connectivity index (χ1n) is 6.61. The summed E-state index contributed by atoms with van der Waals surface area (Å²) >= 11 is 3.79. The highest BCUT2D eigenvalue weighted by Crippen LogP contribution is 2.35. The lowest BCUT2D eigenvalue weighted by molar-refractivity contribution is 0.175. The minimum absolute atomic E-state index is 0.282. The molecule has 5 unspecified atom stereocenters. The Labute approximate surface area is 108 Å². The second kappa shape index (κ2) is 6.97. The minimum atomic E-state index is 0.282. The van der Waals surface area contributed by atoms with Gasteiger partial charge in [0.2, 0.25) is 0 Å². The maximum atomic E-state index is 8.96. The van der Waals surface area contributed by atoms with Crippen molar-refractivity contribution in [3.05, 3.63) is 0 Å². The molecule has 0 spiro atoms. The number of aliphatic hydroxyl groups excluding tert-OH is 1. The minimum Gasteiger partial charge on any atom is -0.396 e. The van der Waals surface area contributed by atoms with Crippen LogP contribution in [0.5, 0.6) is 0 Å². The molecule has 0 heterocycles. The maximum absolute atomic E-state index is 8.96. The number of aliphatic hydroxyl groups is 1. The van der Waals surface area contributed by atoms with Crippen molar-refractivity contribution in [1.29, 1.82) is 0 Å². The van der Waals surface area contributed by atoms with E-state index in [1.165, 1.54) is 19.3 Å². The van der Waals surface area contributed by atoms with Crippen LogP contribution >= 0.6 is 15.9 Å². The topological polar surface area (TPSA) is 32.3 Å². The molecule has 3 heteroatoms. The largest absolute Gasteiger partial charge is 0.396 e. The molecule has 1 rings (SSSR count). The van der Waals surface area contributed by atoms with Crippen molar-refractivity contribution in [2.24, 2.45) is 11.8 Å². The molecule has 1 aliphatic rings. The molecular weight excluding hydrogens is 266 g/mol. The third-order valence-electron chi connectivity index (χ3n) is 4.02. The summed E-state index contributed by atoms with van der Waals surface area (Å²) in [5.41, 5.74) is 0. The Bertz CT molecular complexity index is 198. The zero-order valence-corrected chi connectivity index (χ0v) is 12.3. The number of hydrogen-bond donors (Lipinski definition) is 2. The summed E-state index contributed by atoms with van der Waals surface area (Å²) in [6.07, 6.45) is 4.73. The lowest BCUT2D eigenvalue weighted by Crippen LogP contribution is -2.50. The molecule has 2 nitrogen and oxygen atoms in total. The van der Waals surface area contributed by atoms with Crippen LogP contribution in [-0.2, 0) is 0 Å². The van der Waals surface area contributed by atoms with E-state index in [1.54, 1.807) is 0 Å². The summed E-state index contributed by atoms with van der Waals surface area (Å²) in [6.45, 7) is 7.08. The van der Waals surface area contributed by atoms with Crippen molar-refractivity contribution in [3.63, 3.8) is 0 Å². The third-order valence-corrected chi connectivity index (χ3v) is 5.31. The summed E-state index contributed by atoms with van der Waals surface area (Å²) in [5, 5.41) is 12.7. The molecule has 0 amide bonds. The van der Waals surface area contributed by atoms with Gasteiger partial charge in [0, 0.05) is 23.5 Å². The predicted octanol–water partition coefficient (Wildman–Crippen LogP) is 2.94. The number of halogens is 1. The molecule has 96 valence electrons. The van der Waals surface area contributed by atoms with Crippen LogP contribution in [0, 0.1) is 11.8 Å². The van der Waals surface area contributed by atoms with Crippen molar-refractivity contribution in [2.45, 2.75) is 63.4 Å². The molecule has 0 aromatic heterocycles. The van der Waals surface area contributed by atoms with Gasteiger partial charge in [0.1, 0.15) is 0 Å². The predicted molar refractivity (Wildman–Crippen MR) is 73.0 cm³/mol. The normalized spacial score (nSPS) is 37.3. The van der Waals surface area contributed by atoms with Crippen LogP contribution in [-0.4, -0.2) is 28.6 Å².